The van der Waals surface area contributed by atoms with Crippen LogP contribution >= 0.6 is 23.4 Å². The van der Waals surface area contributed by atoms with E-state index in [2.05, 4.69) is 5.10 Å². The Kier molecular flexibility index (Phi) is 6.36. The van der Waals surface area contributed by atoms with E-state index in [9.17, 15) is 27.9 Å². The summed E-state index contributed by atoms with van der Waals surface area (Å²) in [7, 11) is 1.81. The summed E-state index contributed by atoms with van der Waals surface area (Å²) < 4.78 is 41.9. The molecular weight excluding hydrogens is 517 g/mol. The number of carbonyl (C=O) groups is 2. The number of likely N-dealkylation sites (N-methyl/N-ethyl adjacent to an activating group) is 1. The summed E-state index contributed by atoms with van der Waals surface area (Å²) in [6.45, 7) is 0.680. The van der Waals surface area contributed by atoms with Gasteiger partial charge in [-0.1, -0.05) is 23.7 Å². The average Bonchev–Trinajstić information content (AvgIpc) is 3.43. The minimum Gasteiger partial charge on any atom is -0.390 e. The molecule has 36 heavy (non-hydrogen) atoms. The van der Waals surface area contributed by atoms with Gasteiger partial charge in [-0.2, -0.15) is 18.3 Å². The number of carbonyl (C=O) groups excluding carboxylic acids is 2. The van der Waals surface area contributed by atoms with Crippen LogP contribution in [0.15, 0.2) is 47.5 Å². The number of β-amino-alcohol motifs (C(OH)–C–C–N with tert-alkyl or cyclic N) is 1. The molecule has 2 saturated heterocycles. The van der Waals surface area contributed by atoms with E-state index in [4.69, 9.17) is 11.6 Å². The van der Waals surface area contributed by atoms with Gasteiger partial charge in [-0.05, 0) is 60.3 Å². The number of aliphatic hydroxyl groups excluding tert-OH is 1. The Morgan fingerprint density at radius 1 is 1.19 bits per heavy atom. The second-order valence-electron chi connectivity index (χ2n) is 8.83. The van der Waals surface area contributed by atoms with Gasteiger partial charge in [-0.25, -0.2) is 0 Å². The van der Waals surface area contributed by atoms with Crippen LogP contribution in [0.3, 0.4) is 0 Å². The lowest BCUT2D eigenvalue weighted by Crippen LogP contribution is -2.45. The fourth-order valence-electron chi connectivity index (χ4n) is 4.56. The Balaban J connectivity index is 1.40. The zero-order chi connectivity index (χ0) is 25.8. The molecule has 0 bridgehead atoms. The summed E-state index contributed by atoms with van der Waals surface area (Å²) in [5.74, 6) is -0.456. The van der Waals surface area contributed by atoms with Gasteiger partial charge in [0.15, 0.2) is 0 Å². The fourth-order valence-corrected chi connectivity index (χ4v) is 5.62. The van der Waals surface area contributed by atoms with Crippen molar-refractivity contribution in [2.24, 2.45) is 0 Å². The van der Waals surface area contributed by atoms with Gasteiger partial charge in [0.25, 0.3) is 11.1 Å². The smallest absolute Gasteiger partial charge is 0.390 e. The zero-order valence-electron chi connectivity index (χ0n) is 18.9. The van der Waals surface area contributed by atoms with Crippen LogP contribution in [0.2, 0.25) is 5.02 Å². The molecule has 0 saturated carbocycles. The highest BCUT2D eigenvalue weighted by Crippen LogP contribution is 2.37. The maximum atomic E-state index is 13.5. The quantitative estimate of drug-likeness (QED) is 0.496. The first kappa shape index (κ1) is 24.8. The molecule has 2 aliphatic rings. The molecule has 2 amide bonds. The largest absolute Gasteiger partial charge is 0.416 e. The molecule has 0 aliphatic carbocycles. The van der Waals surface area contributed by atoms with Gasteiger partial charge < -0.3 is 10.0 Å². The maximum Gasteiger partial charge on any atom is 0.416 e. The van der Waals surface area contributed by atoms with Gasteiger partial charge >= 0.3 is 6.18 Å². The van der Waals surface area contributed by atoms with Crippen LogP contribution in [0.5, 0.6) is 0 Å². The average molecular weight is 537 g/mol. The molecule has 2 aromatic carbocycles. The van der Waals surface area contributed by atoms with E-state index < -0.39 is 35.0 Å². The van der Waals surface area contributed by atoms with Crippen LogP contribution in [0.4, 0.5) is 18.0 Å². The molecule has 0 radical (unpaired) electrons. The molecule has 0 spiro atoms. The van der Waals surface area contributed by atoms with Gasteiger partial charge in [-0.15, -0.1) is 0 Å². The van der Waals surface area contributed by atoms with Crippen LogP contribution in [0, 0.1) is 0 Å². The molecular formula is C24H20ClF3N4O3S. The highest BCUT2D eigenvalue weighted by Gasteiger charge is 2.45. The zero-order valence-corrected chi connectivity index (χ0v) is 20.4. The summed E-state index contributed by atoms with van der Waals surface area (Å²) in [5, 5.41) is 14.7. The second kappa shape index (κ2) is 9.22. The highest BCUT2D eigenvalue weighted by atomic mass is 35.5. The third kappa shape index (κ3) is 4.63. The first-order valence-electron chi connectivity index (χ1n) is 11.0. The standard InChI is InChI=1S/C24H20ClF3N4O3S/c1-30-11-19(20(33)12-30)32-22(34)21(36-23(32)35)7-13-2-5-18-15(6-13)9-29-31(18)10-14-3-4-16(25)8-17(14)24(26,27)28/h2-9,19-20,33H,10-12H2,1H3/b21-7-/t19-,20-/m0/s1. The molecule has 3 aromatic rings. The van der Waals surface area contributed by atoms with Gasteiger partial charge in [0, 0.05) is 23.5 Å². The summed E-state index contributed by atoms with van der Waals surface area (Å²) >= 11 is 6.59. The van der Waals surface area contributed by atoms with E-state index in [1.165, 1.54) is 23.0 Å². The number of thioether (sulfide) groups is 1. The van der Waals surface area contributed by atoms with Crippen molar-refractivity contribution >= 4 is 51.5 Å². The molecule has 5 rings (SSSR count). The van der Waals surface area contributed by atoms with Gasteiger partial charge in [0.1, 0.15) is 0 Å². The number of likely N-dealkylation sites (tertiary alicyclic amines) is 1. The predicted molar refractivity (Wildman–Crippen MR) is 130 cm³/mol. The van der Waals surface area contributed by atoms with Crippen LogP contribution in [0.1, 0.15) is 16.7 Å². The molecule has 188 valence electrons. The maximum absolute atomic E-state index is 13.5. The first-order chi connectivity index (χ1) is 17.0. The number of rotatable bonds is 4. The number of aliphatic hydroxyl groups is 1. The monoisotopic (exact) mass is 536 g/mol. The summed E-state index contributed by atoms with van der Waals surface area (Å²) in [4.78, 5) is 28.7. The Labute approximate surface area is 213 Å². The van der Waals surface area contributed by atoms with Crippen molar-refractivity contribution in [3.05, 3.63) is 69.2 Å². The molecule has 3 heterocycles. The van der Waals surface area contributed by atoms with Crippen molar-refractivity contribution in [3.8, 4) is 0 Å². The van der Waals surface area contributed by atoms with Crippen molar-refractivity contribution < 1.29 is 27.9 Å². The number of halogens is 4. The van der Waals surface area contributed by atoms with E-state index >= 15 is 0 Å². The van der Waals surface area contributed by atoms with Gasteiger partial charge in [-0.3, -0.25) is 19.2 Å². The summed E-state index contributed by atoms with van der Waals surface area (Å²) in [6, 6.07) is 8.21. The van der Waals surface area contributed by atoms with E-state index in [1.807, 2.05) is 11.9 Å². The van der Waals surface area contributed by atoms with Crippen LogP contribution in [-0.4, -0.2) is 68.1 Å². The Bertz CT molecular complexity index is 1410. The van der Waals surface area contributed by atoms with E-state index in [0.29, 0.717) is 29.6 Å². The van der Waals surface area contributed by atoms with Crippen molar-refractivity contribution in [3.63, 3.8) is 0 Å². The minimum absolute atomic E-state index is 0.0000785. The Morgan fingerprint density at radius 3 is 2.67 bits per heavy atom. The van der Waals surface area contributed by atoms with Gasteiger partial charge in [0.05, 0.1) is 40.9 Å². The Hall–Kier alpha value is -2.86. The lowest BCUT2D eigenvalue weighted by atomic mass is 10.1. The van der Waals surface area contributed by atoms with Gasteiger partial charge in [0.2, 0.25) is 0 Å². The number of fused-ring (bicyclic) bond motifs is 1. The second-order valence-corrected chi connectivity index (χ2v) is 10.3. The normalized spacial score (nSPS) is 22.5. The third-order valence-corrected chi connectivity index (χ3v) is 7.38. The lowest BCUT2D eigenvalue weighted by Gasteiger charge is -2.22. The van der Waals surface area contributed by atoms with E-state index in [1.54, 1.807) is 24.3 Å². The number of hydrogen-bond donors (Lipinski definition) is 1. The topological polar surface area (TPSA) is 78.7 Å². The number of imide groups is 1. The number of nitrogens with zero attached hydrogens (tertiary/aromatic N) is 4. The molecule has 2 atom stereocenters. The Morgan fingerprint density at radius 2 is 1.97 bits per heavy atom. The third-order valence-electron chi connectivity index (χ3n) is 6.26. The number of benzene rings is 2. The van der Waals surface area contributed by atoms with Crippen LogP contribution in [0.25, 0.3) is 17.0 Å². The number of amides is 2. The molecule has 1 aromatic heterocycles. The number of hydrogen-bond acceptors (Lipinski definition) is 6. The molecule has 0 unspecified atom stereocenters. The predicted octanol–water partition coefficient (Wildman–Crippen LogP) is 4.47. The highest BCUT2D eigenvalue weighted by molar-refractivity contribution is 8.18. The number of alkyl halides is 3. The van der Waals surface area contributed by atoms with Crippen molar-refractivity contribution in [2.45, 2.75) is 24.9 Å². The molecule has 1 N–H and O–H groups in total. The summed E-state index contributed by atoms with van der Waals surface area (Å²) in [5.41, 5.74) is 0.471. The van der Waals surface area contributed by atoms with Crippen LogP contribution < -0.4 is 0 Å². The SMILES string of the molecule is CN1C[C@H](O)[C@@H](N2C(=O)S/C(=C\c3ccc4c(cnn4Cc4ccc(Cl)cc4C(F)(F)F)c3)C2=O)C1. The van der Waals surface area contributed by atoms with E-state index in [0.717, 1.165) is 22.7 Å². The lowest BCUT2D eigenvalue weighted by molar-refractivity contribution is -0.138. The van der Waals surface area contributed by atoms with Crippen molar-refractivity contribution in [2.75, 3.05) is 20.1 Å². The number of aromatic nitrogens is 2. The fraction of sp³-hybridized carbons (Fsp3) is 0.292. The minimum atomic E-state index is -4.55. The molecule has 2 aliphatic heterocycles. The van der Waals surface area contributed by atoms with Crippen molar-refractivity contribution in [1.29, 1.82) is 0 Å². The summed E-state index contributed by atoms with van der Waals surface area (Å²) in [6.07, 6.45) is -2.23. The molecule has 12 heteroatoms. The van der Waals surface area contributed by atoms with Crippen LogP contribution in [-0.2, 0) is 17.5 Å². The molecule has 2 fully saturated rings. The van der Waals surface area contributed by atoms with Crippen molar-refractivity contribution in [1.82, 2.24) is 19.6 Å². The molecule has 7 nitrogen and oxygen atoms in total. The first-order valence-corrected chi connectivity index (χ1v) is 12.2. The van der Waals surface area contributed by atoms with E-state index in [-0.39, 0.29) is 22.0 Å².